The number of nitrogens with zero attached hydrogens (tertiary/aromatic N) is 1. The summed E-state index contributed by atoms with van der Waals surface area (Å²) in [5.74, 6) is 1.13. The minimum Gasteiger partial charge on any atom is -0.329 e. The van der Waals surface area contributed by atoms with Gasteiger partial charge in [-0.05, 0) is 25.4 Å². The van der Waals surface area contributed by atoms with Crippen LogP contribution in [0.4, 0.5) is 0 Å². The molecule has 0 fully saturated rings. The normalized spacial score (nSPS) is 13.4. The predicted octanol–water partition coefficient (Wildman–Crippen LogP) is 2.70. The maximum atomic E-state index is 5.93. The van der Waals surface area contributed by atoms with E-state index in [2.05, 4.69) is 24.3 Å². The molecule has 1 heterocycles. The number of hydrogen-bond donors (Lipinski definition) is 1. The molecule has 0 bridgehead atoms. The second-order valence-electron chi connectivity index (χ2n) is 3.37. The fourth-order valence-corrected chi connectivity index (χ4v) is 3.12. The first kappa shape index (κ1) is 13.3. The van der Waals surface area contributed by atoms with Gasteiger partial charge in [-0.2, -0.15) is 11.8 Å². The molecule has 0 spiro atoms. The molecule has 2 nitrogen and oxygen atoms in total. The number of thiophene rings is 1. The lowest BCUT2D eigenvalue weighted by Gasteiger charge is -2.25. The van der Waals surface area contributed by atoms with E-state index in [0.29, 0.717) is 12.6 Å². The highest BCUT2D eigenvalue weighted by atomic mass is 35.5. The molecule has 1 aromatic heterocycles. The van der Waals surface area contributed by atoms with Gasteiger partial charge >= 0.3 is 0 Å². The number of hydrogen-bond acceptors (Lipinski definition) is 4. The molecule has 1 aromatic rings. The Bertz CT molecular complexity index is 291. The van der Waals surface area contributed by atoms with Crippen LogP contribution < -0.4 is 5.73 Å². The monoisotopic (exact) mass is 264 g/mol. The van der Waals surface area contributed by atoms with Crippen molar-refractivity contribution in [1.29, 1.82) is 0 Å². The zero-order valence-corrected chi connectivity index (χ0v) is 11.5. The average Bonchev–Trinajstić information content (AvgIpc) is 2.63. The third kappa shape index (κ3) is 3.96. The van der Waals surface area contributed by atoms with Crippen molar-refractivity contribution in [2.45, 2.75) is 6.04 Å². The van der Waals surface area contributed by atoms with Crippen molar-refractivity contribution in [1.82, 2.24) is 4.90 Å². The van der Waals surface area contributed by atoms with Gasteiger partial charge in [0.25, 0.3) is 0 Å². The van der Waals surface area contributed by atoms with Gasteiger partial charge in [0.05, 0.1) is 10.4 Å². The van der Waals surface area contributed by atoms with Gasteiger partial charge in [0, 0.05) is 23.7 Å². The molecular formula is C10H17ClN2S2. The molecule has 86 valence electrons. The van der Waals surface area contributed by atoms with Crippen LogP contribution in [0, 0.1) is 0 Å². The van der Waals surface area contributed by atoms with Crippen LogP contribution in [0.3, 0.4) is 0 Å². The number of likely N-dealkylation sites (N-methyl/N-ethyl adjacent to an activating group) is 1. The Kier molecular flexibility index (Phi) is 6.00. The Hall–Kier alpha value is 0.260. The molecule has 0 aliphatic heterocycles. The minimum atomic E-state index is 0.301. The molecule has 0 amide bonds. The topological polar surface area (TPSA) is 29.3 Å². The molecular weight excluding hydrogens is 248 g/mol. The number of nitrogens with two attached hydrogens (primary N) is 1. The van der Waals surface area contributed by atoms with Crippen LogP contribution in [-0.2, 0) is 0 Å². The van der Waals surface area contributed by atoms with E-state index >= 15 is 0 Å². The fourth-order valence-electron chi connectivity index (χ4n) is 1.41. The summed E-state index contributed by atoms with van der Waals surface area (Å²) in [4.78, 5) is 3.55. The second kappa shape index (κ2) is 6.76. The van der Waals surface area contributed by atoms with E-state index < -0.39 is 0 Å². The smallest absolute Gasteiger partial charge is 0.0931 e. The fraction of sp³-hybridized carbons (Fsp3) is 0.600. The molecule has 2 N–H and O–H groups in total. The van der Waals surface area contributed by atoms with Gasteiger partial charge in [-0.1, -0.05) is 11.6 Å². The van der Waals surface area contributed by atoms with E-state index in [9.17, 15) is 0 Å². The maximum absolute atomic E-state index is 5.93. The van der Waals surface area contributed by atoms with Gasteiger partial charge in [0.1, 0.15) is 0 Å². The molecule has 0 radical (unpaired) electrons. The van der Waals surface area contributed by atoms with Gasteiger partial charge in [0.15, 0.2) is 0 Å². The highest BCUT2D eigenvalue weighted by Gasteiger charge is 2.16. The molecule has 0 aliphatic carbocycles. The van der Waals surface area contributed by atoms with E-state index in [1.54, 1.807) is 11.3 Å². The van der Waals surface area contributed by atoms with Crippen LogP contribution >= 0.6 is 34.7 Å². The van der Waals surface area contributed by atoms with E-state index in [-0.39, 0.29) is 0 Å². The van der Waals surface area contributed by atoms with Gasteiger partial charge in [0.2, 0.25) is 0 Å². The summed E-state index contributed by atoms with van der Waals surface area (Å²) in [6, 6.07) is 4.31. The van der Waals surface area contributed by atoms with E-state index in [4.69, 9.17) is 17.3 Å². The zero-order chi connectivity index (χ0) is 11.3. The summed E-state index contributed by atoms with van der Waals surface area (Å²) in [5.41, 5.74) is 5.80. The molecule has 0 aromatic carbocycles. The standard InChI is InChI=1S/C10H17ClN2S2/c1-13(5-6-14-2)8(7-12)9-3-4-10(11)15-9/h3-4,8H,5-7,12H2,1-2H3. The summed E-state index contributed by atoms with van der Waals surface area (Å²) >= 11 is 9.40. The maximum Gasteiger partial charge on any atom is 0.0931 e. The van der Waals surface area contributed by atoms with Crippen LogP contribution in [0.25, 0.3) is 0 Å². The molecule has 1 atom stereocenters. The third-order valence-corrected chi connectivity index (χ3v) is 4.25. The molecule has 0 aliphatic rings. The molecule has 1 rings (SSSR count). The first-order valence-corrected chi connectivity index (χ1v) is 7.42. The highest BCUT2D eigenvalue weighted by molar-refractivity contribution is 7.98. The number of halogens is 1. The zero-order valence-electron chi connectivity index (χ0n) is 9.07. The van der Waals surface area contributed by atoms with Crippen molar-refractivity contribution in [2.24, 2.45) is 5.73 Å². The molecule has 1 unspecified atom stereocenters. The lowest BCUT2D eigenvalue weighted by atomic mass is 10.2. The average molecular weight is 265 g/mol. The summed E-state index contributed by atoms with van der Waals surface area (Å²) in [5, 5.41) is 0. The van der Waals surface area contributed by atoms with E-state index in [0.717, 1.165) is 16.6 Å². The molecule has 15 heavy (non-hydrogen) atoms. The Labute approximate surface area is 105 Å². The van der Waals surface area contributed by atoms with Crippen LogP contribution in [0.15, 0.2) is 12.1 Å². The summed E-state index contributed by atoms with van der Waals surface area (Å²) in [6.07, 6.45) is 2.12. The Morgan fingerprint density at radius 1 is 1.60 bits per heavy atom. The van der Waals surface area contributed by atoms with Crippen LogP contribution in [-0.4, -0.2) is 37.0 Å². The lowest BCUT2D eigenvalue weighted by molar-refractivity contribution is 0.269. The van der Waals surface area contributed by atoms with Crippen LogP contribution in [0.5, 0.6) is 0 Å². The van der Waals surface area contributed by atoms with E-state index in [1.807, 2.05) is 17.8 Å². The van der Waals surface area contributed by atoms with Gasteiger partial charge in [-0.15, -0.1) is 11.3 Å². The largest absolute Gasteiger partial charge is 0.329 e. The Balaban J connectivity index is 2.62. The predicted molar refractivity (Wildman–Crippen MR) is 72.1 cm³/mol. The third-order valence-electron chi connectivity index (χ3n) is 2.33. The Morgan fingerprint density at radius 3 is 2.80 bits per heavy atom. The molecule has 5 heteroatoms. The molecule has 0 saturated heterocycles. The first-order valence-electron chi connectivity index (χ1n) is 4.83. The van der Waals surface area contributed by atoms with Gasteiger partial charge in [-0.25, -0.2) is 0 Å². The summed E-state index contributed by atoms with van der Waals surface area (Å²) < 4.78 is 0.835. The quantitative estimate of drug-likeness (QED) is 0.857. The van der Waals surface area contributed by atoms with Crippen molar-refractivity contribution >= 4 is 34.7 Å². The van der Waals surface area contributed by atoms with Crippen LogP contribution in [0.2, 0.25) is 4.34 Å². The van der Waals surface area contributed by atoms with Gasteiger partial charge < -0.3 is 5.73 Å². The van der Waals surface area contributed by atoms with Crippen molar-refractivity contribution in [2.75, 3.05) is 32.1 Å². The summed E-state index contributed by atoms with van der Waals surface area (Å²) in [6.45, 7) is 1.69. The first-order chi connectivity index (χ1) is 7.19. The van der Waals surface area contributed by atoms with Crippen LogP contribution in [0.1, 0.15) is 10.9 Å². The van der Waals surface area contributed by atoms with Crippen molar-refractivity contribution in [3.8, 4) is 0 Å². The van der Waals surface area contributed by atoms with E-state index in [1.165, 1.54) is 4.88 Å². The van der Waals surface area contributed by atoms with Gasteiger partial charge in [-0.3, -0.25) is 4.90 Å². The second-order valence-corrected chi connectivity index (χ2v) is 6.10. The SMILES string of the molecule is CSCCN(C)C(CN)c1ccc(Cl)s1. The summed E-state index contributed by atoms with van der Waals surface area (Å²) in [7, 11) is 2.11. The Morgan fingerprint density at radius 2 is 2.33 bits per heavy atom. The molecule has 0 saturated carbocycles. The van der Waals surface area contributed by atoms with Crippen molar-refractivity contribution < 1.29 is 0 Å². The highest BCUT2D eigenvalue weighted by Crippen LogP contribution is 2.29. The van der Waals surface area contributed by atoms with Crippen molar-refractivity contribution in [3.63, 3.8) is 0 Å². The minimum absolute atomic E-state index is 0.301. The number of rotatable bonds is 6. The number of thioether (sulfide) groups is 1. The van der Waals surface area contributed by atoms with Crippen molar-refractivity contribution in [3.05, 3.63) is 21.3 Å². The lowest BCUT2D eigenvalue weighted by Crippen LogP contribution is -2.31.